The molecule has 0 saturated carbocycles. The molecule has 0 bridgehead atoms. The Hall–Kier alpha value is -0.370. The number of unbranched alkanes of at least 4 members (excludes halogenated alkanes) is 6. The zero-order valence-electron chi connectivity index (χ0n) is 12.2. The van der Waals surface area contributed by atoms with Gasteiger partial charge in [-0.05, 0) is 32.4 Å². The molecule has 0 N–H and O–H groups in total. The molecule has 0 spiro atoms. The van der Waals surface area contributed by atoms with Crippen LogP contribution in [0.1, 0.15) is 77.6 Å². The molecular weight excluding hydrogens is 222 g/mol. The molecule has 1 fully saturated rings. The van der Waals surface area contributed by atoms with Crippen molar-refractivity contribution in [2.75, 3.05) is 13.1 Å². The third-order valence-corrected chi connectivity index (χ3v) is 4.12. The summed E-state index contributed by atoms with van der Waals surface area (Å²) in [5, 5.41) is 0. The number of likely N-dealkylation sites (tertiary alicyclic amines) is 1. The lowest BCUT2D eigenvalue weighted by Crippen LogP contribution is -2.36. The monoisotopic (exact) mass is 253 g/mol. The van der Waals surface area contributed by atoms with Crippen LogP contribution in [0.15, 0.2) is 0 Å². The molecule has 1 saturated heterocycles. The molecule has 1 aliphatic heterocycles. The van der Waals surface area contributed by atoms with Crippen LogP contribution in [0.4, 0.5) is 0 Å². The number of carbonyl (C=O) groups excluding carboxylic acids is 1. The van der Waals surface area contributed by atoms with Crippen molar-refractivity contribution in [2.24, 2.45) is 0 Å². The average molecular weight is 253 g/mol. The van der Waals surface area contributed by atoms with Crippen LogP contribution in [0, 0.1) is 0 Å². The molecule has 0 aromatic carbocycles. The molecule has 1 rings (SSSR count). The van der Waals surface area contributed by atoms with Gasteiger partial charge in [0.15, 0.2) is 0 Å². The van der Waals surface area contributed by atoms with Gasteiger partial charge in [-0.15, -0.1) is 0 Å². The summed E-state index contributed by atoms with van der Waals surface area (Å²) in [6, 6.07) is 0.215. The highest BCUT2D eigenvalue weighted by atomic mass is 16.1. The van der Waals surface area contributed by atoms with E-state index in [0.29, 0.717) is 0 Å². The molecule has 1 unspecified atom stereocenters. The topological polar surface area (TPSA) is 20.3 Å². The van der Waals surface area contributed by atoms with Gasteiger partial charge >= 0.3 is 0 Å². The molecule has 1 aliphatic rings. The van der Waals surface area contributed by atoms with Gasteiger partial charge in [-0.25, -0.2) is 0 Å². The normalized spacial score (nSPS) is 21.7. The van der Waals surface area contributed by atoms with Crippen molar-refractivity contribution in [1.82, 2.24) is 4.90 Å². The zero-order chi connectivity index (χ0) is 13.1. The van der Waals surface area contributed by atoms with E-state index in [4.69, 9.17) is 0 Å². The first kappa shape index (κ1) is 15.7. The second kappa shape index (κ2) is 10.5. The Balaban J connectivity index is 2.06. The SMILES string of the molecule is CCCCCCCCCN1CCCCCC1C=O. The van der Waals surface area contributed by atoms with Crippen molar-refractivity contribution in [3.05, 3.63) is 0 Å². The number of carbonyl (C=O) groups is 1. The van der Waals surface area contributed by atoms with Gasteiger partial charge in [-0.2, -0.15) is 0 Å². The van der Waals surface area contributed by atoms with E-state index >= 15 is 0 Å². The molecule has 18 heavy (non-hydrogen) atoms. The summed E-state index contributed by atoms with van der Waals surface area (Å²) in [5.74, 6) is 0. The highest BCUT2D eigenvalue weighted by molar-refractivity contribution is 5.57. The lowest BCUT2D eigenvalue weighted by molar-refractivity contribution is -0.112. The molecule has 1 heterocycles. The predicted octanol–water partition coefficient (Wildman–Crippen LogP) is 4.18. The van der Waals surface area contributed by atoms with E-state index in [1.165, 1.54) is 70.5 Å². The summed E-state index contributed by atoms with van der Waals surface area (Å²) in [7, 11) is 0. The van der Waals surface area contributed by atoms with Crippen LogP contribution in [0.2, 0.25) is 0 Å². The van der Waals surface area contributed by atoms with E-state index in [-0.39, 0.29) is 6.04 Å². The van der Waals surface area contributed by atoms with Gasteiger partial charge in [0.05, 0.1) is 6.04 Å². The predicted molar refractivity (Wildman–Crippen MR) is 77.9 cm³/mol. The van der Waals surface area contributed by atoms with Crippen molar-refractivity contribution in [2.45, 2.75) is 83.6 Å². The first-order valence-electron chi connectivity index (χ1n) is 8.08. The van der Waals surface area contributed by atoms with Gasteiger partial charge in [-0.3, -0.25) is 4.90 Å². The Bertz CT molecular complexity index is 205. The standard InChI is InChI=1S/C16H31NO/c1-2-3-4-5-6-7-10-13-17-14-11-8-9-12-16(17)15-18/h15-16H,2-14H2,1H3. The van der Waals surface area contributed by atoms with Crippen LogP contribution in [-0.4, -0.2) is 30.3 Å². The number of hydrogen-bond acceptors (Lipinski definition) is 2. The van der Waals surface area contributed by atoms with Gasteiger partial charge in [0.2, 0.25) is 0 Å². The maximum Gasteiger partial charge on any atom is 0.137 e. The maximum absolute atomic E-state index is 11.1. The molecule has 0 aliphatic carbocycles. The van der Waals surface area contributed by atoms with Gasteiger partial charge in [0.25, 0.3) is 0 Å². The Morgan fingerprint density at radius 3 is 2.44 bits per heavy atom. The lowest BCUT2D eigenvalue weighted by atomic mass is 10.1. The van der Waals surface area contributed by atoms with E-state index in [1.807, 2.05) is 0 Å². The van der Waals surface area contributed by atoms with Gasteiger partial charge in [0, 0.05) is 0 Å². The van der Waals surface area contributed by atoms with Crippen molar-refractivity contribution in [3.63, 3.8) is 0 Å². The fourth-order valence-corrected chi connectivity index (χ4v) is 2.90. The molecule has 0 amide bonds. The summed E-state index contributed by atoms with van der Waals surface area (Å²) in [4.78, 5) is 13.5. The Morgan fingerprint density at radius 2 is 1.72 bits per heavy atom. The third kappa shape index (κ3) is 6.53. The molecule has 0 radical (unpaired) electrons. The van der Waals surface area contributed by atoms with E-state index in [1.54, 1.807) is 0 Å². The van der Waals surface area contributed by atoms with E-state index in [9.17, 15) is 4.79 Å². The molecule has 0 aromatic heterocycles. The first-order chi connectivity index (χ1) is 8.88. The van der Waals surface area contributed by atoms with Crippen molar-refractivity contribution in [1.29, 1.82) is 0 Å². The second-order valence-electron chi connectivity index (χ2n) is 5.71. The van der Waals surface area contributed by atoms with E-state index in [2.05, 4.69) is 11.8 Å². The van der Waals surface area contributed by atoms with Crippen LogP contribution < -0.4 is 0 Å². The summed E-state index contributed by atoms with van der Waals surface area (Å²) in [5.41, 5.74) is 0. The minimum absolute atomic E-state index is 0.215. The maximum atomic E-state index is 11.1. The molecule has 0 aromatic rings. The fourth-order valence-electron chi connectivity index (χ4n) is 2.90. The van der Waals surface area contributed by atoms with Crippen molar-refractivity contribution in [3.8, 4) is 0 Å². The van der Waals surface area contributed by atoms with Gasteiger partial charge < -0.3 is 4.79 Å². The smallest absolute Gasteiger partial charge is 0.137 e. The minimum atomic E-state index is 0.215. The van der Waals surface area contributed by atoms with Crippen molar-refractivity contribution >= 4 is 6.29 Å². The summed E-state index contributed by atoms with van der Waals surface area (Å²) < 4.78 is 0. The second-order valence-corrected chi connectivity index (χ2v) is 5.71. The van der Waals surface area contributed by atoms with E-state index < -0.39 is 0 Å². The van der Waals surface area contributed by atoms with Crippen molar-refractivity contribution < 1.29 is 4.79 Å². The Labute approximate surface area is 113 Å². The zero-order valence-corrected chi connectivity index (χ0v) is 12.2. The molecule has 1 atom stereocenters. The average Bonchev–Trinajstić information content (AvgIpc) is 2.62. The van der Waals surface area contributed by atoms with Crippen LogP contribution in [0.5, 0.6) is 0 Å². The molecule has 2 heteroatoms. The quantitative estimate of drug-likeness (QED) is 0.454. The lowest BCUT2D eigenvalue weighted by Gasteiger charge is -2.25. The molecular formula is C16H31NO. The van der Waals surface area contributed by atoms with Crippen LogP contribution in [0.3, 0.4) is 0 Å². The Kier molecular flexibility index (Phi) is 9.19. The van der Waals surface area contributed by atoms with Crippen LogP contribution in [0.25, 0.3) is 0 Å². The molecule has 106 valence electrons. The third-order valence-electron chi connectivity index (χ3n) is 4.12. The van der Waals surface area contributed by atoms with Gasteiger partial charge in [0.1, 0.15) is 6.29 Å². The summed E-state index contributed by atoms with van der Waals surface area (Å²) >= 11 is 0. The number of hydrogen-bond donors (Lipinski definition) is 0. The number of nitrogens with zero attached hydrogens (tertiary/aromatic N) is 1. The summed E-state index contributed by atoms with van der Waals surface area (Å²) in [6.45, 7) is 4.54. The van der Waals surface area contributed by atoms with E-state index in [0.717, 1.165) is 19.5 Å². The largest absolute Gasteiger partial charge is 0.302 e. The van der Waals surface area contributed by atoms with Crippen LogP contribution >= 0.6 is 0 Å². The Morgan fingerprint density at radius 1 is 1.00 bits per heavy atom. The number of rotatable bonds is 9. The van der Waals surface area contributed by atoms with Crippen LogP contribution in [-0.2, 0) is 4.79 Å². The summed E-state index contributed by atoms with van der Waals surface area (Å²) in [6.07, 6.45) is 15.6. The highest BCUT2D eigenvalue weighted by Gasteiger charge is 2.19. The molecule has 2 nitrogen and oxygen atoms in total. The number of aldehydes is 1. The fraction of sp³-hybridized carbons (Fsp3) is 0.938. The van der Waals surface area contributed by atoms with Gasteiger partial charge in [-0.1, -0.05) is 58.3 Å². The minimum Gasteiger partial charge on any atom is -0.302 e. The highest BCUT2D eigenvalue weighted by Crippen LogP contribution is 2.16. The first-order valence-corrected chi connectivity index (χ1v) is 8.08.